The summed E-state index contributed by atoms with van der Waals surface area (Å²) in [4.78, 5) is 11.9. The highest BCUT2D eigenvalue weighted by molar-refractivity contribution is 7.90. The Balaban J connectivity index is 2.63. The smallest absolute Gasteiger partial charge is 0.247 e. The van der Waals surface area contributed by atoms with Crippen LogP contribution < -0.4 is 0 Å². The monoisotopic (exact) mass is 249 g/mol. The van der Waals surface area contributed by atoms with Crippen LogP contribution in [0.3, 0.4) is 0 Å². The largest absolute Gasteiger partial charge is 0.264 e. The summed E-state index contributed by atoms with van der Waals surface area (Å²) in [5.74, 6) is 0. The number of hydrogen-bond donors (Lipinski definition) is 0. The molecule has 0 aromatic carbocycles. The van der Waals surface area contributed by atoms with E-state index >= 15 is 0 Å². The predicted octanol–water partition coefficient (Wildman–Crippen LogP) is 1.25. The van der Waals surface area contributed by atoms with Crippen molar-refractivity contribution in [3.63, 3.8) is 0 Å². The fourth-order valence-corrected chi connectivity index (χ4v) is 1.90. The summed E-state index contributed by atoms with van der Waals surface area (Å²) in [6, 6.07) is 3.60. The maximum atomic E-state index is 11.4. The Morgan fingerprint density at radius 1 is 1.24 bits per heavy atom. The van der Waals surface area contributed by atoms with E-state index in [9.17, 15) is 8.42 Å². The van der Waals surface area contributed by atoms with Crippen LogP contribution in [0, 0.1) is 6.92 Å². The van der Waals surface area contributed by atoms with Crippen molar-refractivity contribution < 1.29 is 8.42 Å². The minimum Gasteiger partial charge on any atom is -0.264 e. The van der Waals surface area contributed by atoms with Crippen molar-refractivity contribution in [2.75, 3.05) is 6.26 Å². The Morgan fingerprint density at radius 2 is 2.00 bits per heavy atom. The fourth-order valence-electron chi connectivity index (χ4n) is 1.40. The molecular weight excluding hydrogens is 238 g/mol. The average Bonchev–Trinajstić information content (AvgIpc) is 2.29. The van der Waals surface area contributed by atoms with Gasteiger partial charge in [0.15, 0.2) is 0 Å². The number of hydrogen-bond acceptors (Lipinski definition) is 5. The van der Waals surface area contributed by atoms with E-state index in [1.165, 1.54) is 6.20 Å². The summed E-state index contributed by atoms with van der Waals surface area (Å²) < 4.78 is 22.8. The van der Waals surface area contributed by atoms with E-state index in [1.54, 1.807) is 18.5 Å². The van der Waals surface area contributed by atoms with Crippen LogP contribution in [0.5, 0.6) is 0 Å². The number of nitrogens with zero attached hydrogens (tertiary/aromatic N) is 3. The second-order valence-electron chi connectivity index (χ2n) is 3.70. The molecule has 88 valence electrons. The van der Waals surface area contributed by atoms with Gasteiger partial charge in [0.2, 0.25) is 15.0 Å². The molecule has 0 fully saturated rings. The summed E-state index contributed by atoms with van der Waals surface area (Å²) in [7, 11) is -3.39. The summed E-state index contributed by atoms with van der Waals surface area (Å²) >= 11 is 0. The van der Waals surface area contributed by atoms with Gasteiger partial charge in [-0.15, -0.1) is 0 Å². The first-order valence-electron chi connectivity index (χ1n) is 4.92. The first-order chi connectivity index (χ1) is 7.98. The van der Waals surface area contributed by atoms with Crippen molar-refractivity contribution in [2.24, 2.45) is 0 Å². The van der Waals surface area contributed by atoms with Crippen molar-refractivity contribution in [3.05, 3.63) is 36.3 Å². The normalized spacial score (nSPS) is 11.4. The SMILES string of the molecule is Cc1cnc(S(C)(=O)=O)nc1-c1cccnc1. The summed E-state index contributed by atoms with van der Waals surface area (Å²) in [6.45, 7) is 1.83. The van der Waals surface area contributed by atoms with Gasteiger partial charge in [-0.2, -0.15) is 0 Å². The third-order valence-corrected chi connectivity index (χ3v) is 3.08. The lowest BCUT2D eigenvalue weighted by Crippen LogP contribution is -2.05. The molecule has 2 rings (SSSR count). The molecular formula is C11H11N3O2S. The molecule has 0 radical (unpaired) electrons. The van der Waals surface area contributed by atoms with Gasteiger partial charge in [0.25, 0.3) is 0 Å². The zero-order valence-electron chi connectivity index (χ0n) is 9.45. The van der Waals surface area contributed by atoms with E-state index in [4.69, 9.17) is 0 Å². The fraction of sp³-hybridized carbons (Fsp3) is 0.182. The Kier molecular flexibility index (Phi) is 2.89. The van der Waals surface area contributed by atoms with Gasteiger partial charge >= 0.3 is 0 Å². The van der Waals surface area contributed by atoms with Gasteiger partial charge in [-0.1, -0.05) is 0 Å². The molecule has 2 heterocycles. The Bertz CT molecular complexity index is 639. The minimum atomic E-state index is -3.39. The molecule has 2 aromatic heterocycles. The standard InChI is InChI=1S/C11H11N3O2S/c1-8-6-13-11(17(2,15)16)14-10(8)9-4-3-5-12-7-9/h3-7H,1-2H3. The second kappa shape index (κ2) is 4.21. The van der Waals surface area contributed by atoms with E-state index in [0.717, 1.165) is 17.4 Å². The van der Waals surface area contributed by atoms with Gasteiger partial charge in [-0.05, 0) is 24.6 Å². The lowest BCUT2D eigenvalue weighted by atomic mass is 10.1. The maximum Gasteiger partial charge on any atom is 0.247 e. The summed E-state index contributed by atoms with van der Waals surface area (Å²) in [6.07, 6.45) is 5.88. The molecule has 0 bridgehead atoms. The Labute approximate surface area is 99.5 Å². The quantitative estimate of drug-likeness (QED) is 0.749. The molecule has 0 unspecified atom stereocenters. The third kappa shape index (κ3) is 2.47. The van der Waals surface area contributed by atoms with Crippen LogP contribution in [-0.2, 0) is 9.84 Å². The maximum absolute atomic E-state index is 11.4. The molecule has 0 spiro atoms. The van der Waals surface area contributed by atoms with Gasteiger partial charge < -0.3 is 0 Å². The molecule has 0 atom stereocenters. The van der Waals surface area contributed by atoms with Crippen LogP contribution in [0.4, 0.5) is 0 Å². The molecule has 0 aliphatic carbocycles. The van der Waals surface area contributed by atoms with Crippen LogP contribution in [0.1, 0.15) is 5.56 Å². The van der Waals surface area contributed by atoms with E-state index in [-0.39, 0.29) is 5.16 Å². The number of pyridine rings is 1. The van der Waals surface area contributed by atoms with Crippen molar-refractivity contribution in [2.45, 2.75) is 12.1 Å². The Morgan fingerprint density at radius 3 is 2.59 bits per heavy atom. The summed E-state index contributed by atoms with van der Waals surface area (Å²) in [5, 5.41) is -0.165. The number of aryl methyl sites for hydroxylation is 1. The van der Waals surface area contributed by atoms with Gasteiger partial charge in [0.1, 0.15) is 0 Å². The lowest BCUT2D eigenvalue weighted by molar-refractivity contribution is 0.593. The molecule has 0 aliphatic heterocycles. The minimum absolute atomic E-state index is 0.165. The van der Waals surface area contributed by atoms with Crippen molar-refractivity contribution in [1.29, 1.82) is 0 Å². The number of aromatic nitrogens is 3. The molecule has 0 saturated heterocycles. The number of sulfone groups is 1. The van der Waals surface area contributed by atoms with Crippen LogP contribution in [0.2, 0.25) is 0 Å². The lowest BCUT2D eigenvalue weighted by Gasteiger charge is -2.05. The first-order valence-corrected chi connectivity index (χ1v) is 6.82. The molecule has 0 amide bonds. The topological polar surface area (TPSA) is 72.8 Å². The van der Waals surface area contributed by atoms with Gasteiger partial charge in [-0.3, -0.25) is 4.98 Å². The molecule has 0 aliphatic rings. The van der Waals surface area contributed by atoms with Gasteiger partial charge in [0, 0.05) is 30.4 Å². The molecule has 0 N–H and O–H groups in total. The van der Waals surface area contributed by atoms with Gasteiger partial charge in [0.05, 0.1) is 5.69 Å². The zero-order valence-corrected chi connectivity index (χ0v) is 10.3. The molecule has 5 nitrogen and oxygen atoms in total. The second-order valence-corrected chi connectivity index (χ2v) is 5.61. The molecule has 17 heavy (non-hydrogen) atoms. The van der Waals surface area contributed by atoms with Crippen molar-refractivity contribution >= 4 is 9.84 Å². The molecule has 6 heteroatoms. The number of rotatable bonds is 2. The molecule has 0 saturated carbocycles. The average molecular weight is 249 g/mol. The van der Waals surface area contributed by atoms with Crippen LogP contribution in [0.15, 0.2) is 35.9 Å². The van der Waals surface area contributed by atoms with Crippen molar-refractivity contribution in [3.8, 4) is 11.3 Å². The molecule has 2 aromatic rings. The highest BCUT2D eigenvalue weighted by Gasteiger charge is 2.14. The summed E-state index contributed by atoms with van der Waals surface area (Å²) in [5.41, 5.74) is 2.18. The van der Waals surface area contributed by atoms with E-state index in [0.29, 0.717) is 5.69 Å². The van der Waals surface area contributed by atoms with E-state index in [2.05, 4.69) is 15.0 Å². The van der Waals surface area contributed by atoms with Crippen LogP contribution in [-0.4, -0.2) is 29.6 Å². The zero-order chi connectivity index (χ0) is 12.5. The van der Waals surface area contributed by atoms with Crippen molar-refractivity contribution in [1.82, 2.24) is 15.0 Å². The predicted molar refractivity (Wildman–Crippen MR) is 63.1 cm³/mol. The van der Waals surface area contributed by atoms with Crippen LogP contribution >= 0.6 is 0 Å². The Hall–Kier alpha value is -1.82. The van der Waals surface area contributed by atoms with Crippen LogP contribution in [0.25, 0.3) is 11.3 Å². The highest BCUT2D eigenvalue weighted by Crippen LogP contribution is 2.20. The van der Waals surface area contributed by atoms with E-state index < -0.39 is 9.84 Å². The first kappa shape index (κ1) is 11.7. The highest BCUT2D eigenvalue weighted by atomic mass is 32.2. The van der Waals surface area contributed by atoms with Gasteiger partial charge in [-0.25, -0.2) is 18.4 Å². The third-order valence-electron chi connectivity index (χ3n) is 2.22. The van der Waals surface area contributed by atoms with E-state index in [1.807, 2.05) is 13.0 Å².